The van der Waals surface area contributed by atoms with Crippen molar-refractivity contribution in [2.45, 2.75) is 32.7 Å². The van der Waals surface area contributed by atoms with Crippen molar-refractivity contribution in [3.63, 3.8) is 0 Å². The normalized spacial score (nSPS) is 15.0. The lowest BCUT2D eigenvalue weighted by molar-refractivity contribution is -0.122. The molecule has 0 radical (unpaired) electrons. The summed E-state index contributed by atoms with van der Waals surface area (Å²) in [5, 5.41) is 9.13. The average Bonchev–Trinajstić information content (AvgIpc) is 2.73. The third-order valence-electron chi connectivity index (χ3n) is 5.48. The molecule has 1 aliphatic rings. The van der Waals surface area contributed by atoms with Crippen LogP contribution in [0.15, 0.2) is 48.5 Å². The number of rotatable bonds is 7. The number of carbonyl (C=O) groups is 2. The molecule has 5 nitrogen and oxygen atoms in total. The van der Waals surface area contributed by atoms with Gasteiger partial charge in [-0.3, -0.25) is 9.59 Å². The number of anilines is 1. The molecule has 7 heteroatoms. The van der Waals surface area contributed by atoms with Gasteiger partial charge in [0.1, 0.15) is 5.82 Å². The van der Waals surface area contributed by atoms with Gasteiger partial charge in [0.25, 0.3) is 5.91 Å². The highest BCUT2D eigenvalue weighted by molar-refractivity contribution is 6.04. The first-order valence-corrected chi connectivity index (χ1v) is 10.1. The summed E-state index contributed by atoms with van der Waals surface area (Å²) in [5.41, 5.74) is 1.93. The number of carbonyl (C=O) groups excluding carboxylic acids is 2. The Kier molecular flexibility index (Phi) is 9.27. The zero-order chi connectivity index (χ0) is 20.6. The Morgan fingerprint density at radius 3 is 2.53 bits per heavy atom. The van der Waals surface area contributed by atoms with E-state index >= 15 is 0 Å². The third-order valence-corrected chi connectivity index (χ3v) is 5.48. The van der Waals surface area contributed by atoms with Crippen molar-refractivity contribution < 1.29 is 14.0 Å². The number of amides is 2. The minimum absolute atomic E-state index is 0. The lowest BCUT2D eigenvalue weighted by Gasteiger charge is -2.27. The molecule has 1 saturated heterocycles. The second-order valence-corrected chi connectivity index (χ2v) is 7.71. The minimum Gasteiger partial charge on any atom is -0.352 e. The van der Waals surface area contributed by atoms with Gasteiger partial charge in [0.2, 0.25) is 5.91 Å². The van der Waals surface area contributed by atoms with Crippen LogP contribution in [0.5, 0.6) is 0 Å². The van der Waals surface area contributed by atoms with Crippen LogP contribution in [-0.2, 0) is 11.3 Å². The smallest absolute Gasteiger partial charge is 0.255 e. The van der Waals surface area contributed by atoms with Crippen LogP contribution in [0.2, 0.25) is 0 Å². The Labute approximate surface area is 183 Å². The van der Waals surface area contributed by atoms with Crippen molar-refractivity contribution in [2.24, 2.45) is 11.8 Å². The van der Waals surface area contributed by atoms with Gasteiger partial charge >= 0.3 is 0 Å². The standard InChI is InChI=1S/C23H28FN3O2.ClH/c1-16(18-9-11-25-12-10-18)13-22(28)26-15-17-3-2-4-21(14-17)27-23(29)19-5-7-20(24)8-6-19;/h2-8,14,16,18,25H,9-13,15H2,1H3,(H,26,28)(H,27,29);1H. The maximum atomic E-state index is 13.0. The van der Waals surface area contributed by atoms with E-state index in [4.69, 9.17) is 0 Å². The van der Waals surface area contributed by atoms with E-state index in [1.165, 1.54) is 24.3 Å². The maximum absolute atomic E-state index is 13.0. The molecule has 1 atom stereocenters. The summed E-state index contributed by atoms with van der Waals surface area (Å²) in [4.78, 5) is 24.6. The number of nitrogens with one attached hydrogen (secondary N) is 3. The van der Waals surface area contributed by atoms with Gasteiger partial charge in [-0.2, -0.15) is 0 Å². The van der Waals surface area contributed by atoms with Crippen LogP contribution in [0.3, 0.4) is 0 Å². The minimum atomic E-state index is -0.381. The van der Waals surface area contributed by atoms with Crippen LogP contribution in [0, 0.1) is 17.7 Å². The molecule has 0 bridgehead atoms. The fourth-order valence-electron chi connectivity index (χ4n) is 3.71. The molecule has 2 amide bonds. The Morgan fingerprint density at radius 1 is 1.13 bits per heavy atom. The summed E-state index contributed by atoms with van der Waals surface area (Å²) in [7, 11) is 0. The van der Waals surface area contributed by atoms with Gasteiger partial charge in [0.15, 0.2) is 0 Å². The molecule has 1 heterocycles. The summed E-state index contributed by atoms with van der Waals surface area (Å²) in [5.74, 6) is 0.345. The molecule has 162 valence electrons. The number of hydrogen-bond donors (Lipinski definition) is 3. The van der Waals surface area contributed by atoms with Gasteiger partial charge in [-0.15, -0.1) is 12.4 Å². The molecule has 0 aromatic heterocycles. The summed E-state index contributed by atoms with van der Waals surface area (Å²) < 4.78 is 13.0. The molecule has 1 aliphatic heterocycles. The second kappa shape index (κ2) is 11.7. The maximum Gasteiger partial charge on any atom is 0.255 e. The van der Waals surface area contributed by atoms with E-state index in [1.54, 1.807) is 6.07 Å². The third kappa shape index (κ3) is 7.11. The summed E-state index contributed by atoms with van der Waals surface area (Å²) >= 11 is 0. The van der Waals surface area contributed by atoms with Crippen LogP contribution in [0.4, 0.5) is 10.1 Å². The van der Waals surface area contributed by atoms with E-state index < -0.39 is 0 Å². The van der Waals surface area contributed by atoms with Crippen molar-refractivity contribution in [3.05, 3.63) is 65.5 Å². The highest BCUT2D eigenvalue weighted by Crippen LogP contribution is 2.24. The van der Waals surface area contributed by atoms with Crippen molar-refractivity contribution in [1.29, 1.82) is 0 Å². The van der Waals surface area contributed by atoms with Crippen LogP contribution in [0.25, 0.3) is 0 Å². The Hall–Kier alpha value is -2.44. The summed E-state index contributed by atoms with van der Waals surface area (Å²) in [6, 6.07) is 12.8. The zero-order valence-electron chi connectivity index (χ0n) is 17.1. The molecule has 0 aliphatic carbocycles. The highest BCUT2D eigenvalue weighted by atomic mass is 35.5. The molecule has 2 aromatic rings. The van der Waals surface area contributed by atoms with Gasteiger partial charge in [-0.1, -0.05) is 19.1 Å². The highest BCUT2D eigenvalue weighted by Gasteiger charge is 2.21. The number of benzene rings is 2. The molecule has 0 saturated carbocycles. The zero-order valence-corrected chi connectivity index (χ0v) is 17.9. The monoisotopic (exact) mass is 433 g/mol. The van der Waals surface area contributed by atoms with Gasteiger partial charge in [0, 0.05) is 24.2 Å². The Morgan fingerprint density at radius 2 is 1.83 bits per heavy atom. The molecular weight excluding hydrogens is 405 g/mol. The lowest BCUT2D eigenvalue weighted by Crippen LogP contribution is -2.33. The molecule has 0 spiro atoms. The predicted molar refractivity (Wildman–Crippen MR) is 119 cm³/mol. The molecule has 2 aromatic carbocycles. The Bertz CT molecular complexity index is 839. The van der Waals surface area contributed by atoms with Crippen molar-refractivity contribution in [1.82, 2.24) is 10.6 Å². The van der Waals surface area contributed by atoms with Gasteiger partial charge < -0.3 is 16.0 Å². The van der Waals surface area contributed by atoms with Gasteiger partial charge in [0.05, 0.1) is 0 Å². The van der Waals surface area contributed by atoms with Crippen LogP contribution >= 0.6 is 12.4 Å². The van der Waals surface area contributed by atoms with E-state index in [1.807, 2.05) is 18.2 Å². The molecule has 1 fully saturated rings. The van der Waals surface area contributed by atoms with Crippen LogP contribution in [0.1, 0.15) is 42.1 Å². The quantitative estimate of drug-likeness (QED) is 0.614. The first-order chi connectivity index (χ1) is 14.0. The largest absolute Gasteiger partial charge is 0.352 e. The molecule has 30 heavy (non-hydrogen) atoms. The average molecular weight is 434 g/mol. The van der Waals surface area contributed by atoms with Gasteiger partial charge in [-0.05, 0) is 79.7 Å². The van der Waals surface area contributed by atoms with Crippen molar-refractivity contribution >= 4 is 29.9 Å². The van der Waals surface area contributed by atoms with Crippen LogP contribution in [-0.4, -0.2) is 24.9 Å². The number of piperidine rings is 1. The number of halogens is 2. The van der Waals surface area contributed by atoms with E-state index in [0.29, 0.717) is 36.1 Å². The van der Waals surface area contributed by atoms with E-state index in [0.717, 1.165) is 31.5 Å². The first kappa shape index (κ1) is 23.8. The fourth-order valence-corrected chi connectivity index (χ4v) is 3.71. The van der Waals surface area contributed by atoms with E-state index in [-0.39, 0.29) is 30.0 Å². The van der Waals surface area contributed by atoms with Crippen molar-refractivity contribution in [3.8, 4) is 0 Å². The molecule has 1 unspecified atom stereocenters. The summed E-state index contributed by atoms with van der Waals surface area (Å²) in [6.07, 6.45) is 2.79. The van der Waals surface area contributed by atoms with Crippen LogP contribution < -0.4 is 16.0 Å². The molecule has 3 rings (SSSR count). The number of hydrogen-bond acceptors (Lipinski definition) is 3. The topological polar surface area (TPSA) is 70.2 Å². The second-order valence-electron chi connectivity index (χ2n) is 7.71. The van der Waals surface area contributed by atoms with Gasteiger partial charge in [-0.25, -0.2) is 4.39 Å². The van der Waals surface area contributed by atoms with E-state index in [9.17, 15) is 14.0 Å². The SMILES string of the molecule is CC(CC(=O)NCc1cccc(NC(=O)c2ccc(F)cc2)c1)C1CCNCC1.Cl. The predicted octanol–water partition coefficient (Wildman–Crippen LogP) is 4.14. The lowest BCUT2D eigenvalue weighted by atomic mass is 9.84. The molecule has 3 N–H and O–H groups in total. The summed E-state index contributed by atoms with van der Waals surface area (Å²) in [6.45, 7) is 4.64. The van der Waals surface area contributed by atoms with Crippen molar-refractivity contribution in [2.75, 3.05) is 18.4 Å². The first-order valence-electron chi connectivity index (χ1n) is 10.1. The Balaban J connectivity index is 0.00000320. The fraction of sp³-hybridized carbons (Fsp3) is 0.391. The van der Waals surface area contributed by atoms with E-state index in [2.05, 4.69) is 22.9 Å². The molecular formula is C23H29ClFN3O2.